The number of hydrogen-bond acceptors (Lipinski definition) is 14. The zero-order valence-electron chi connectivity index (χ0n) is 31.9. The fourth-order valence-electron chi connectivity index (χ4n) is 5.17. The maximum atomic E-state index is 13.5. The van der Waals surface area contributed by atoms with Crippen molar-refractivity contribution in [3.05, 3.63) is 156 Å². The lowest BCUT2D eigenvalue weighted by Crippen LogP contribution is -2.51. The topological polar surface area (TPSA) is 194 Å². The first-order valence-corrected chi connectivity index (χ1v) is 18.7. The summed E-state index contributed by atoms with van der Waals surface area (Å²) in [5.41, 5.74) is 0.610. The fraction of sp³-hybridized carbons (Fsp3) is 0.318. The van der Waals surface area contributed by atoms with Gasteiger partial charge in [0.25, 0.3) is 0 Å². The molecule has 0 heterocycles. The number of aliphatic hydroxyl groups is 3. The van der Waals surface area contributed by atoms with Crippen molar-refractivity contribution in [2.75, 3.05) is 33.0 Å². The smallest absolute Gasteiger partial charge is 0.338 e. The van der Waals surface area contributed by atoms with Crippen molar-refractivity contribution in [1.82, 2.24) is 0 Å². The van der Waals surface area contributed by atoms with Gasteiger partial charge in [-0.05, 0) is 61.0 Å². The van der Waals surface area contributed by atoms with E-state index in [1.165, 1.54) is 60.9 Å². The van der Waals surface area contributed by atoms with Crippen LogP contribution in [0, 0.1) is 0 Å². The summed E-state index contributed by atoms with van der Waals surface area (Å²) in [5, 5.41) is 32.0. The molecule has 0 amide bonds. The molecule has 308 valence electrons. The van der Waals surface area contributed by atoms with Crippen molar-refractivity contribution in [3.8, 4) is 0 Å². The molecule has 0 saturated heterocycles. The summed E-state index contributed by atoms with van der Waals surface area (Å²) in [6, 6.07) is 31.8. The van der Waals surface area contributed by atoms with Crippen LogP contribution in [0.4, 0.5) is 0 Å². The van der Waals surface area contributed by atoms with E-state index in [2.05, 4.69) is 0 Å². The lowest BCUT2D eigenvalue weighted by atomic mass is 10.1. The highest BCUT2D eigenvalue weighted by Crippen LogP contribution is 2.23. The monoisotopic (exact) mass is 800 g/mol. The van der Waals surface area contributed by atoms with E-state index in [-0.39, 0.29) is 22.3 Å². The van der Waals surface area contributed by atoms with E-state index in [9.17, 15) is 34.5 Å². The summed E-state index contributed by atoms with van der Waals surface area (Å²) in [7, 11) is 0. The minimum absolute atomic E-state index is 0.104. The molecule has 5 atom stereocenters. The summed E-state index contributed by atoms with van der Waals surface area (Å²) >= 11 is 0. The first kappa shape index (κ1) is 44.8. The molecule has 4 aromatic rings. The van der Waals surface area contributed by atoms with Crippen LogP contribution in [0.1, 0.15) is 61.2 Å². The number of esters is 4. The summed E-state index contributed by atoms with van der Waals surface area (Å²) in [4.78, 5) is 53.1. The molecule has 14 heteroatoms. The van der Waals surface area contributed by atoms with Gasteiger partial charge >= 0.3 is 23.9 Å². The third-order valence-corrected chi connectivity index (χ3v) is 8.32. The molecule has 58 heavy (non-hydrogen) atoms. The fourth-order valence-corrected chi connectivity index (χ4v) is 5.17. The molecule has 0 fully saturated rings. The predicted molar refractivity (Wildman–Crippen MR) is 208 cm³/mol. The standard InChI is InChI=1S/C44H48O14/c1-2-3-25-52-26-24-37(56-42(50)33-20-12-6-13-21-33)39(36(47)29-53-40(48)31-16-8-4-9-17-31)58-44(55-35(27-45)28-46)38(57-43(51)34-22-14-7-15-23-34)30-54-41(49)32-18-10-5-11-19-32/h4-24,26,35-39,44-47H,2-3,25,27-30H2,1H3/b26-24+/t36?,37-,38+,39-,44+/m1/s1. The van der Waals surface area contributed by atoms with Crippen molar-refractivity contribution >= 4 is 23.9 Å². The van der Waals surface area contributed by atoms with Crippen molar-refractivity contribution < 1.29 is 67.7 Å². The summed E-state index contributed by atoms with van der Waals surface area (Å²) < 4.78 is 40.6. The Morgan fingerprint density at radius 2 is 1.05 bits per heavy atom. The number of ether oxygens (including phenoxy) is 7. The Labute approximate surface area is 336 Å². The Hall–Kier alpha value is -5.90. The van der Waals surface area contributed by atoms with Crippen LogP contribution in [-0.4, -0.2) is 109 Å². The third-order valence-electron chi connectivity index (χ3n) is 8.32. The van der Waals surface area contributed by atoms with E-state index >= 15 is 0 Å². The molecule has 0 radical (unpaired) electrons. The van der Waals surface area contributed by atoms with Gasteiger partial charge in [0, 0.05) is 0 Å². The normalized spacial score (nSPS) is 13.8. The second kappa shape index (κ2) is 24.7. The van der Waals surface area contributed by atoms with E-state index in [4.69, 9.17) is 33.2 Å². The lowest BCUT2D eigenvalue weighted by molar-refractivity contribution is -0.270. The van der Waals surface area contributed by atoms with E-state index < -0.39 is 87.1 Å². The minimum atomic E-state index is -1.86. The second-order valence-corrected chi connectivity index (χ2v) is 12.7. The number of carbonyl (C=O) groups is 4. The van der Waals surface area contributed by atoms with Crippen molar-refractivity contribution in [2.24, 2.45) is 0 Å². The van der Waals surface area contributed by atoms with Crippen LogP contribution in [0.15, 0.2) is 134 Å². The Morgan fingerprint density at radius 3 is 1.52 bits per heavy atom. The van der Waals surface area contributed by atoms with E-state index in [0.717, 1.165) is 6.42 Å². The van der Waals surface area contributed by atoms with E-state index in [1.54, 1.807) is 72.8 Å². The first-order valence-electron chi connectivity index (χ1n) is 18.7. The quantitative estimate of drug-likeness (QED) is 0.0284. The molecular formula is C44H48O14. The highest BCUT2D eigenvalue weighted by molar-refractivity contribution is 5.91. The number of aliphatic hydroxyl groups excluding tert-OH is 3. The van der Waals surface area contributed by atoms with E-state index in [1.807, 2.05) is 6.92 Å². The molecule has 14 nitrogen and oxygen atoms in total. The van der Waals surface area contributed by atoms with Crippen molar-refractivity contribution in [3.63, 3.8) is 0 Å². The van der Waals surface area contributed by atoms with Gasteiger partial charge in [-0.25, -0.2) is 19.2 Å². The third kappa shape index (κ3) is 14.6. The van der Waals surface area contributed by atoms with Gasteiger partial charge in [0.05, 0.1) is 48.3 Å². The highest BCUT2D eigenvalue weighted by atomic mass is 16.7. The molecule has 4 rings (SSSR count). The molecule has 0 spiro atoms. The number of unbranched alkanes of at least 4 members (excludes halogenated alkanes) is 1. The van der Waals surface area contributed by atoms with Gasteiger partial charge in [0.15, 0.2) is 18.5 Å². The summed E-state index contributed by atoms with van der Waals surface area (Å²) in [6.45, 7) is -0.636. The van der Waals surface area contributed by atoms with Crippen LogP contribution in [-0.2, 0) is 33.2 Å². The SMILES string of the molecule is CCCCO/C=C/[C@@H](OC(=O)c1ccccc1)[C@H](O[C@H](OC(CO)CO)[C@H](COC(=O)c1ccccc1)OC(=O)c1ccccc1)C(O)COC(=O)c1ccccc1. The number of benzene rings is 4. The molecule has 1 unspecified atom stereocenters. The molecule has 4 aromatic carbocycles. The van der Waals surface area contributed by atoms with Crippen molar-refractivity contribution in [2.45, 2.75) is 56.6 Å². The zero-order valence-corrected chi connectivity index (χ0v) is 31.9. The van der Waals surface area contributed by atoms with Gasteiger partial charge in [0.2, 0.25) is 0 Å². The lowest BCUT2D eigenvalue weighted by Gasteiger charge is -2.35. The average molecular weight is 801 g/mol. The van der Waals surface area contributed by atoms with Gasteiger partial charge < -0.3 is 48.5 Å². The zero-order chi connectivity index (χ0) is 41.5. The van der Waals surface area contributed by atoms with Gasteiger partial charge in [-0.15, -0.1) is 0 Å². The van der Waals surface area contributed by atoms with Crippen LogP contribution < -0.4 is 0 Å². The van der Waals surface area contributed by atoms with Gasteiger partial charge in [0.1, 0.15) is 31.5 Å². The Bertz CT molecular complexity index is 1840. The largest absolute Gasteiger partial charge is 0.501 e. The van der Waals surface area contributed by atoms with Crippen LogP contribution in [0.3, 0.4) is 0 Å². The minimum Gasteiger partial charge on any atom is -0.501 e. The first-order chi connectivity index (χ1) is 28.2. The second-order valence-electron chi connectivity index (χ2n) is 12.7. The summed E-state index contributed by atoms with van der Waals surface area (Å²) in [6.07, 6.45) is -5.83. The van der Waals surface area contributed by atoms with Gasteiger partial charge in [-0.1, -0.05) is 86.1 Å². The van der Waals surface area contributed by atoms with Gasteiger partial charge in [-0.3, -0.25) is 0 Å². The predicted octanol–water partition coefficient (Wildman–Crippen LogP) is 4.92. The maximum absolute atomic E-state index is 13.5. The van der Waals surface area contributed by atoms with Crippen LogP contribution in [0.25, 0.3) is 0 Å². The number of rotatable bonds is 24. The van der Waals surface area contributed by atoms with Crippen LogP contribution in [0.2, 0.25) is 0 Å². The molecule has 0 saturated carbocycles. The molecule has 0 aliphatic heterocycles. The molecule has 0 bridgehead atoms. The maximum Gasteiger partial charge on any atom is 0.338 e. The molecule has 3 N–H and O–H groups in total. The Balaban J connectivity index is 1.76. The van der Waals surface area contributed by atoms with Gasteiger partial charge in [-0.2, -0.15) is 0 Å². The molecule has 0 aliphatic rings. The number of carbonyl (C=O) groups excluding carboxylic acids is 4. The van der Waals surface area contributed by atoms with E-state index in [0.29, 0.717) is 13.0 Å². The Morgan fingerprint density at radius 1 is 0.603 bits per heavy atom. The van der Waals surface area contributed by atoms with Crippen LogP contribution >= 0.6 is 0 Å². The molecule has 0 aromatic heterocycles. The van der Waals surface area contributed by atoms with Crippen molar-refractivity contribution in [1.29, 1.82) is 0 Å². The molecule has 0 aliphatic carbocycles. The Kier molecular flexibility index (Phi) is 19.1. The average Bonchev–Trinajstić information content (AvgIpc) is 3.27. The summed E-state index contributed by atoms with van der Waals surface area (Å²) in [5.74, 6) is -3.32. The molecular weight excluding hydrogens is 752 g/mol. The highest BCUT2D eigenvalue weighted by Gasteiger charge is 2.40. The van der Waals surface area contributed by atoms with Crippen LogP contribution in [0.5, 0.6) is 0 Å². The number of hydrogen-bond donors (Lipinski definition) is 3.